The molecule has 0 unspecified atom stereocenters. The first kappa shape index (κ1) is 34.4. The molecule has 0 aliphatic heterocycles. The van der Waals surface area contributed by atoms with Crippen molar-refractivity contribution in [3.8, 4) is 11.5 Å². The molecule has 0 aliphatic carbocycles. The van der Waals surface area contributed by atoms with E-state index in [0.717, 1.165) is 33.4 Å². The summed E-state index contributed by atoms with van der Waals surface area (Å²) >= 11 is 12.1. The topological polar surface area (TPSA) is 112 Å². The molecule has 4 aromatic carbocycles. The van der Waals surface area contributed by atoms with Crippen LogP contribution in [0.3, 0.4) is 0 Å². The van der Waals surface area contributed by atoms with Crippen LogP contribution < -0.4 is 9.47 Å². The summed E-state index contributed by atoms with van der Waals surface area (Å²) in [7, 11) is 1.49. The Labute approximate surface area is 266 Å². The first-order chi connectivity index (χ1) is 21.1. The average molecular weight is 642 g/mol. The van der Waals surface area contributed by atoms with Gasteiger partial charge in [-0.2, -0.15) is 0 Å². The van der Waals surface area contributed by atoms with Gasteiger partial charge in [-0.15, -0.1) is 0 Å². The number of hydrogen-bond donors (Lipinski definition) is 2. The Morgan fingerprint density at radius 2 is 1.25 bits per heavy atom. The van der Waals surface area contributed by atoms with Crippen LogP contribution in [0.25, 0.3) is 0 Å². The molecule has 0 aliphatic rings. The molecule has 0 amide bonds. The molecule has 0 atom stereocenters. The number of carbonyl (C=O) groups excluding carboxylic acids is 2. The maximum atomic E-state index is 12.3. The van der Waals surface area contributed by atoms with Gasteiger partial charge in [0.1, 0.15) is 30.3 Å². The molecule has 0 bridgehead atoms. The quantitative estimate of drug-likeness (QED) is 0.173. The second-order valence-electron chi connectivity index (χ2n) is 9.68. The Morgan fingerprint density at radius 3 is 1.77 bits per heavy atom. The normalized spacial score (nSPS) is 10.3. The number of esters is 2. The minimum absolute atomic E-state index is 0.00871. The molecule has 0 spiro atoms. The molecule has 0 saturated carbocycles. The summed E-state index contributed by atoms with van der Waals surface area (Å²) in [6.07, 6.45) is 0. The molecule has 44 heavy (non-hydrogen) atoms. The molecule has 0 aromatic heterocycles. The van der Waals surface area contributed by atoms with E-state index in [1.54, 1.807) is 72.8 Å². The van der Waals surface area contributed by atoms with Crippen LogP contribution >= 0.6 is 23.2 Å². The molecule has 4 aromatic rings. The van der Waals surface area contributed by atoms with E-state index in [1.807, 2.05) is 19.9 Å². The zero-order valence-corrected chi connectivity index (χ0v) is 26.2. The van der Waals surface area contributed by atoms with Crippen LogP contribution in [0.15, 0.2) is 78.9 Å². The van der Waals surface area contributed by atoms with E-state index in [1.165, 1.54) is 7.11 Å². The van der Waals surface area contributed by atoms with E-state index < -0.39 is 11.9 Å². The Kier molecular flexibility index (Phi) is 13.5. The fourth-order valence-corrected chi connectivity index (χ4v) is 4.40. The van der Waals surface area contributed by atoms with Crippen LogP contribution in [0, 0.1) is 13.8 Å². The van der Waals surface area contributed by atoms with Gasteiger partial charge in [-0.3, -0.25) is 0 Å². The fourth-order valence-electron chi connectivity index (χ4n) is 3.88. The molecule has 0 radical (unpaired) electrons. The highest BCUT2D eigenvalue weighted by Gasteiger charge is 2.20. The number of halogens is 2. The summed E-state index contributed by atoms with van der Waals surface area (Å²) in [4.78, 5) is 23.9. The molecular weight excluding hydrogens is 607 g/mol. The lowest BCUT2D eigenvalue weighted by atomic mass is 10.1. The van der Waals surface area contributed by atoms with E-state index in [9.17, 15) is 9.59 Å². The molecular formula is C34H34Cl2O8. The maximum absolute atomic E-state index is 12.3. The van der Waals surface area contributed by atoms with Crippen LogP contribution in [0.4, 0.5) is 0 Å². The summed E-state index contributed by atoms with van der Waals surface area (Å²) in [6, 6.07) is 23.1. The van der Waals surface area contributed by atoms with Crippen molar-refractivity contribution in [2.75, 3.05) is 13.7 Å². The summed E-state index contributed by atoms with van der Waals surface area (Å²) in [5.74, 6) is -0.121. The zero-order chi connectivity index (χ0) is 32.1. The minimum atomic E-state index is -0.531. The number of benzene rings is 4. The SMILES string of the molecule is COc1c(C)ccc(Cl)c1C(=O)OCc1ccc(CO)cc1.Cc1ccc(OCC(=O)OCc2ccc(CO)cc2)c(Cl)c1. The van der Waals surface area contributed by atoms with Gasteiger partial charge in [-0.05, 0) is 65.4 Å². The van der Waals surface area contributed by atoms with Gasteiger partial charge in [-0.25, -0.2) is 9.59 Å². The molecule has 4 rings (SSSR count). The molecule has 8 nitrogen and oxygen atoms in total. The monoisotopic (exact) mass is 640 g/mol. The Morgan fingerprint density at radius 1 is 0.705 bits per heavy atom. The van der Waals surface area contributed by atoms with Crippen molar-refractivity contribution >= 4 is 35.1 Å². The fraction of sp³-hybridized carbons (Fsp3) is 0.235. The number of aliphatic hydroxyl groups is 2. The number of aryl methyl sites for hydroxylation is 2. The van der Waals surface area contributed by atoms with E-state index in [2.05, 4.69) is 0 Å². The summed E-state index contributed by atoms with van der Waals surface area (Å²) < 4.78 is 21.0. The second-order valence-corrected chi connectivity index (χ2v) is 10.5. The third kappa shape index (κ3) is 10.3. The number of hydrogen-bond acceptors (Lipinski definition) is 8. The van der Waals surface area contributed by atoms with E-state index in [0.29, 0.717) is 21.5 Å². The zero-order valence-electron chi connectivity index (χ0n) is 24.6. The predicted octanol–water partition coefficient (Wildman–Crippen LogP) is 6.77. The lowest BCUT2D eigenvalue weighted by molar-refractivity contribution is -0.147. The van der Waals surface area contributed by atoms with Crippen molar-refractivity contribution in [3.05, 3.63) is 128 Å². The Hall–Kier alpha value is -4.08. The third-order valence-electron chi connectivity index (χ3n) is 6.33. The van der Waals surface area contributed by atoms with Crippen molar-refractivity contribution in [3.63, 3.8) is 0 Å². The van der Waals surface area contributed by atoms with Gasteiger partial charge in [0.05, 0.1) is 30.4 Å². The van der Waals surface area contributed by atoms with Crippen LogP contribution in [-0.2, 0) is 40.7 Å². The van der Waals surface area contributed by atoms with Gasteiger partial charge in [0.2, 0.25) is 0 Å². The summed E-state index contributed by atoms with van der Waals surface area (Å²) in [6.45, 7) is 3.82. The smallest absolute Gasteiger partial charge is 0.344 e. The van der Waals surface area contributed by atoms with E-state index in [-0.39, 0.29) is 38.6 Å². The third-order valence-corrected chi connectivity index (χ3v) is 6.94. The lowest BCUT2D eigenvalue weighted by Crippen LogP contribution is -2.15. The number of ether oxygens (including phenoxy) is 4. The standard InChI is InChI=1S/2C17H17ClO4/c1-11-3-8-14(18)15(16(11)21-2)17(20)22-10-13-6-4-12(9-19)5-7-13;1-12-2-7-16(15(18)8-12)21-11-17(20)22-10-14-5-3-13(9-19)4-6-14/h3-8,19H,9-10H2,1-2H3;2-8,19H,9-11H2,1H3. The molecule has 0 heterocycles. The molecule has 232 valence electrons. The summed E-state index contributed by atoms with van der Waals surface area (Å²) in [5, 5.41) is 18.7. The maximum Gasteiger partial charge on any atom is 0.344 e. The van der Waals surface area contributed by atoms with Gasteiger partial charge in [-0.1, -0.05) is 83.9 Å². The van der Waals surface area contributed by atoms with Crippen LogP contribution in [-0.4, -0.2) is 35.9 Å². The van der Waals surface area contributed by atoms with Gasteiger partial charge in [0.25, 0.3) is 0 Å². The highest BCUT2D eigenvalue weighted by atomic mass is 35.5. The molecule has 0 saturated heterocycles. The predicted molar refractivity (Wildman–Crippen MR) is 168 cm³/mol. The van der Waals surface area contributed by atoms with Crippen LogP contribution in [0.5, 0.6) is 11.5 Å². The highest BCUT2D eigenvalue weighted by Crippen LogP contribution is 2.31. The Bertz CT molecular complexity index is 1540. The van der Waals surface area contributed by atoms with Crippen molar-refractivity contribution in [2.45, 2.75) is 40.3 Å². The van der Waals surface area contributed by atoms with Crippen molar-refractivity contribution in [2.24, 2.45) is 0 Å². The summed E-state index contributed by atoms with van der Waals surface area (Å²) in [5.41, 5.74) is 5.35. The minimum Gasteiger partial charge on any atom is -0.496 e. The van der Waals surface area contributed by atoms with Crippen LogP contribution in [0.2, 0.25) is 10.0 Å². The largest absolute Gasteiger partial charge is 0.496 e. The second kappa shape index (κ2) is 17.3. The molecule has 10 heteroatoms. The van der Waals surface area contributed by atoms with Gasteiger partial charge in [0, 0.05) is 0 Å². The number of carbonyl (C=O) groups is 2. The molecule has 0 fully saturated rings. The van der Waals surface area contributed by atoms with E-state index in [4.69, 9.17) is 52.4 Å². The number of methoxy groups -OCH3 is 1. The first-order valence-corrected chi connectivity index (χ1v) is 14.3. The van der Waals surface area contributed by atoms with E-state index >= 15 is 0 Å². The molecule has 2 N–H and O–H groups in total. The first-order valence-electron chi connectivity index (χ1n) is 13.6. The highest BCUT2D eigenvalue weighted by molar-refractivity contribution is 6.34. The van der Waals surface area contributed by atoms with Gasteiger partial charge in [0.15, 0.2) is 6.61 Å². The average Bonchev–Trinajstić information content (AvgIpc) is 3.03. The Balaban J connectivity index is 0.000000240. The van der Waals surface area contributed by atoms with Crippen molar-refractivity contribution < 1.29 is 38.7 Å². The number of aliphatic hydroxyl groups excluding tert-OH is 2. The van der Waals surface area contributed by atoms with Gasteiger partial charge >= 0.3 is 11.9 Å². The van der Waals surface area contributed by atoms with Crippen molar-refractivity contribution in [1.29, 1.82) is 0 Å². The lowest BCUT2D eigenvalue weighted by Gasteiger charge is -2.12. The van der Waals surface area contributed by atoms with Gasteiger partial charge < -0.3 is 29.2 Å². The number of rotatable bonds is 11. The van der Waals surface area contributed by atoms with Crippen LogP contribution in [0.1, 0.15) is 43.7 Å². The van der Waals surface area contributed by atoms with Crippen molar-refractivity contribution in [1.82, 2.24) is 0 Å².